The molecule has 3 heterocycles. The second-order valence-electron chi connectivity index (χ2n) is 9.77. The number of nitrogens with zero attached hydrogens (tertiary/aromatic N) is 4. The van der Waals surface area contributed by atoms with Crippen molar-refractivity contribution in [2.24, 2.45) is 4.99 Å². The second kappa shape index (κ2) is 10.1. The van der Waals surface area contributed by atoms with E-state index in [1.165, 1.54) is 42.0 Å². The van der Waals surface area contributed by atoms with Gasteiger partial charge in [-0.05, 0) is 58.0 Å². The Balaban J connectivity index is 1.72. The predicted octanol–water partition coefficient (Wildman–Crippen LogP) is 5.46. The maximum absolute atomic E-state index is 15.2. The van der Waals surface area contributed by atoms with Crippen molar-refractivity contribution in [2.45, 2.75) is 51.8 Å². The van der Waals surface area contributed by atoms with E-state index >= 15 is 4.39 Å². The van der Waals surface area contributed by atoms with Gasteiger partial charge in [-0.25, -0.2) is 27.9 Å². The number of amides is 2. The van der Waals surface area contributed by atoms with Gasteiger partial charge in [-0.3, -0.25) is 15.1 Å². The van der Waals surface area contributed by atoms with Gasteiger partial charge < -0.3 is 14.6 Å². The van der Waals surface area contributed by atoms with E-state index in [-0.39, 0.29) is 35.1 Å². The van der Waals surface area contributed by atoms with Crippen molar-refractivity contribution in [3.63, 3.8) is 0 Å². The zero-order valence-electron chi connectivity index (χ0n) is 20.9. The molecule has 0 spiro atoms. The fourth-order valence-corrected chi connectivity index (χ4v) is 4.02. The molecule has 0 bridgehead atoms. The number of alkyl carbamates (subject to hydrolysis) is 1. The van der Waals surface area contributed by atoms with E-state index in [0.717, 1.165) is 12.3 Å². The van der Waals surface area contributed by atoms with Gasteiger partial charge in [0.1, 0.15) is 28.3 Å². The molecule has 0 saturated heterocycles. The van der Waals surface area contributed by atoms with Crippen molar-refractivity contribution in [3.05, 3.63) is 76.3 Å². The van der Waals surface area contributed by atoms with E-state index < -0.39 is 41.1 Å². The Hall–Kier alpha value is -3.93. The number of rotatable bonds is 4. The molecule has 0 fully saturated rings. The highest BCUT2D eigenvalue weighted by Gasteiger charge is 2.39. The summed E-state index contributed by atoms with van der Waals surface area (Å²) in [4.78, 5) is 37.6. The molecule has 2 amide bonds. The number of ether oxygens (including phenoxy) is 1. The molecule has 9 nitrogen and oxygen atoms in total. The van der Waals surface area contributed by atoms with Crippen LogP contribution in [0, 0.1) is 5.82 Å². The van der Waals surface area contributed by atoms with E-state index in [1.807, 2.05) is 0 Å². The molecule has 0 unspecified atom stereocenters. The predicted molar refractivity (Wildman–Crippen MR) is 134 cm³/mol. The summed E-state index contributed by atoms with van der Waals surface area (Å²) in [5.41, 5.74) is -2.47. The Kier molecular flexibility index (Phi) is 7.20. The number of carbonyl (C=O) groups excluding carboxylic acids is 2. The molecule has 1 aliphatic heterocycles. The number of carbonyl (C=O) groups is 2. The smallest absolute Gasteiger partial charge is 0.413 e. The number of hydrogen-bond donors (Lipinski definition) is 2. The summed E-state index contributed by atoms with van der Waals surface area (Å²) >= 11 is 5.81. The van der Waals surface area contributed by atoms with Crippen molar-refractivity contribution in [1.82, 2.24) is 19.9 Å². The number of nitrogens with one attached hydrogen (secondary N) is 2. The quantitative estimate of drug-likeness (QED) is 0.450. The van der Waals surface area contributed by atoms with Crippen molar-refractivity contribution >= 4 is 35.1 Å². The lowest BCUT2D eigenvalue weighted by atomic mass is 9.90. The molecule has 1 atom stereocenters. The van der Waals surface area contributed by atoms with E-state index in [0.29, 0.717) is 5.02 Å². The maximum atomic E-state index is 15.2. The largest absolute Gasteiger partial charge is 0.444 e. The fourth-order valence-electron chi connectivity index (χ4n) is 3.91. The van der Waals surface area contributed by atoms with Gasteiger partial charge in [0.2, 0.25) is 0 Å². The van der Waals surface area contributed by atoms with Crippen LogP contribution in [0.2, 0.25) is 5.02 Å². The molecule has 38 heavy (non-hydrogen) atoms. The van der Waals surface area contributed by atoms with Crippen LogP contribution in [0.3, 0.4) is 0 Å². The summed E-state index contributed by atoms with van der Waals surface area (Å²) in [6.45, 7) is 6.28. The normalized spacial score (nSPS) is 17.0. The summed E-state index contributed by atoms with van der Waals surface area (Å²) in [6, 6.07) is 6.74. The first-order chi connectivity index (χ1) is 17.8. The van der Waals surface area contributed by atoms with Crippen molar-refractivity contribution in [3.8, 4) is 0 Å². The third-order valence-corrected chi connectivity index (χ3v) is 5.75. The van der Waals surface area contributed by atoms with Crippen LogP contribution in [0.15, 0.2) is 47.7 Å². The van der Waals surface area contributed by atoms with Crippen LogP contribution in [-0.2, 0) is 16.8 Å². The van der Waals surface area contributed by atoms with Crippen LogP contribution in [0.25, 0.3) is 0 Å². The van der Waals surface area contributed by atoms with Crippen LogP contribution in [0.5, 0.6) is 0 Å². The molecule has 2 N–H and O–H groups in total. The molecule has 1 aliphatic rings. The van der Waals surface area contributed by atoms with Crippen LogP contribution >= 0.6 is 11.6 Å². The summed E-state index contributed by atoms with van der Waals surface area (Å²) in [6.07, 6.45) is -1.48. The third kappa shape index (κ3) is 5.80. The molecule has 0 radical (unpaired) electrons. The third-order valence-electron chi connectivity index (χ3n) is 5.53. The highest BCUT2D eigenvalue weighted by atomic mass is 35.5. The summed E-state index contributed by atoms with van der Waals surface area (Å²) in [7, 11) is 0. The van der Waals surface area contributed by atoms with Gasteiger partial charge in [0, 0.05) is 17.4 Å². The number of alkyl halides is 2. The maximum Gasteiger partial charge on any atom is 0.413 e. The minimum Gasteiger partial charge on any atom is -0.444 e. The molecule has 1 aromatic carbocycles. The monoisotopic (exact) mass is 548 g/mol. The second-order valence-corrected chi connectivity index (χ2v) is 10.2. The first kappa shape index (κ1) is 27.1. The Labute approximate surface area is 221 Å². The van der Waals surface area contributed by atoms with Crippen LogP contribution in [-0.4, -0.2) is 38.0 Å². The number of anilines is 1. The zero-order chi connectivity index (χ0) is 27.8. The van der Waals surface area contributed by atoms with E-state index in [2.05, 4.69) is 25.6 Å². The number of aromatic nitrogens is 3. The molecule has 13 heteroatoms. The summed E-state index contributed by atoms with van der Waals surface area (Å²) < 4.78 is 49.2. The van der Waals surface area contributed by atoms with Gasteiger partial charge in [-0.15, -0.1) is 0 Å². The van der Waals surface area contributed by atoms with Crippen LogP contribution in [0.4, 0.5) is 23.7 Å². The lowest BCUT2D eigenvalue weighted by molar-refractivity contribution is 0.0562. The molecular formula is C25H24ClF3N6O3. The molecule has 4 rings (SSSR count). The first-order valence-electron chi connectivity index (χ1n) is 11.4. The number of aliphatic imine (C=N–C) groups is 1. The van der Waals surface area contributed by atoms with Crippen LogP contribution in [0.1, 0.15) is 61.7 Å². The number of benzene rings is 1. The van der Waals surface area contributed by atoms with Gasteiger partial charge >= 0.3 is 6.09 Å². The lowest BCUT2D eigenvalue weighted by Gasteiger charge is -2.33. The van der Waals surface area contributed by atoms with E-state index in [9.17, 15) is 18.4 Å². The number of hydrogen-bond acceptors (Lipinski definition) is 6. The standard InChI is InChI=1S/C25H24ClF3N6O3/c1-24(2,3)38-23(37)33-20-21-31-11-18(19(28)29)35(21)12-25(4,34-20)15-9-14(6-7-16(15)27)32-22(36)17-8-5-13(26)10-30-17/h5-11,19H,12H2,1-4H3,(H,32,36)(H,33,34,37)/t25-/m0/s1. The summed E-state index contributed by atoms with van der Waals surface area (Å²) in [5, 5.41) is 5.43. The highest BCUT2D eigenvalue weighted by Crippen LogP contribution is 2.37. The zero-order valence-corrected chi connectivity index (χ0v) is 21.6. The van der Waals surface area contributed by atoms with Gasteiger partial charge in [0.15, 0.2) is 11.7 Å². The van der Waals surface area contributed by atoms with Gasteiger partial charge in [-0.1, -0.05) is 11.6 Å². The molecule has 200 valence electrons. The topological polar surface area (TPSA) is 110 Å². The first-order valence-corrected chi connectivity index (χ1v) is 11.8. The summed E-state index contributed by atoms with van der Waals surface area (Å²) in [5.74, 6) is -1.46. The fraction of sp³-hybridized carbons (Fsp3) is 0.320. The van der Waals surface area contributed by atoms with Crippen molar-refractivity contribution in [2.75, 3.05) is 5.32 Å². The average Bonchev–Trinajstić information content (AvgIpc) is 3.23. The minimum absolute atomic E-state index is 0.0116. The number of halogens is 4. The number of fused-ring (bicyclic) bond motifs is 1. The molecular weight excluding hydrogens is 525 g/mol. The van der Waals surface area contributed by atoms with Crippen molar-refractivity contribution in [1.29, 1.82) is 0 Å². The average molecular weight is 549 g/mol. The van der Waals surface area contributed by atoms with Crippen LogP contribution < -0.4 is 10.6 Å². The van der Waals surface area contributed by atoms with Crippen molar-refractivity contribution < 1.29 is 27.5 Å². The molecule has 0 aliphatic carbocycles. The van der Waals surface area contributed by atoms with Gasteiger partial charge in [-0.2, -0.15) is 0 Å². The highest BCUT2D eigenvalue weighted by molar-refractivity contribution is 6.30. The number of pyridine rings is 1. The Bertz CT molecular complexity index is 1420. The van der Waals surface area contributed by atoms with E-state index in [4.69, 9.17) is 16.3 Å². The Morgan fingerprint density at radius 1 is 1.13 bits per heavy atom. The van der Waals surface area contributed by atoms with E-state index in [1.54, 1.807) is 20.8 Å². The molecule has 2 aromatic heterocycles. The van der Waals surface area contributed by atoms with Gasteiger partial charge in [0.25, 0.3) is 12.3 Å². The minimum atomic E-state index is -2.89. The Morgan fingerprint density at radius 3 is 2.50 bits per heavy atom. The number of amidine groups is 1. The van der Waals surface area contributed by atoms with Gasteiger partial charge in [0.05, 0.1) is 17.8 Å². The Morgan fingerprint density at radius 2 is 1.87 bits per heavy atom. The SMILES string of the molecule is CC(C)(C)OC(=O)NC1=N[C@](C)(c2cc(NC(=O)c3ccc(Cl)cn3)ccc2F)Cn2c(C(F)F)cnc21. The molecule has 0 saturated carbocycles. The number of imidazole rings is 1. The molecule has 3 aromatic rings. The lowest BCUT2D eigenvalue weighted by Crippen LogP contribution is -2.44.